The SMILES string of the molecule is Cc1cc([N+](=O)[O-])cnc1OCC1CCCCN1. The first kappa shape index (κ1) is 12.8. The number of nitro groups is 1. The molecule has 1 aromatic heterocycles. The van der Waals surface area contributed by atoms with Crippen LogP contribution in [0.15, 0.2) is 12.3 Å². The molecule has 0 bridgehead atoms. The van der Waals surface area contributed by atoms with Gasteiger partial charge in [-0.05, 0) is 26.3 Å². The maximum Gasteiger partial charge on any atom is 0.288 e. The third-order valence-corrected chi connectivity index (χ3v) is 3.06. The summed E-state index contributed by atoms with van der Waals surface area (Å²) in [7, 11) is 0. The second-order valence-electron chi connectivity index (χ2n) is 4.53. The molecular formula is C12H17N3O3. The highest BCUT2D eigenvalue weighted by Gasteiger charge is 2.15. The third kappa shape index (κ3) is 3.16. The Morgan fingerprint density at radius 1 is 1.61 bits per heavy atom. The highest BCUT2D eigenvalue weighted by Crippen LogP contribution is 2.20. The Bertz CT molecular complexity index is 431. The molecule has 6 heteroatoms. The molecule has 0 spiro atoms. The van der Waals surface area contributed by atoms with Crippen LogP contribution >= 0.6 is 0 Å². The van der Waals surface area contributed by atoms with Gasteiger partial charge in [0.05, 0.1) is 4.92 Å². The van der Waals surface area contributed by atoms with E-state index in [1.54, 1.807) is 6.92 Å². The molecule has 0 aromatic carbocycles. The summed E-state index contributed by atoms with van der Waals surface area (Å²) in [5, 5.41) is 14.0. The molecule has 1 N–H and O–H groups in total. The molecule has 18 heavy (non-hydrogen) atoms. The number of hydrogen-bond donors (Lipinski definition) is 1. The van der Waals surface area contributed by atoms with Crippen molar-refractivity contribution >= 4 is 5.69 Å². The van der Waals surface area contributed by atoms with Crippen molar-refractivity contribution < 1.29 is 9.66 Å². The molecular weight excluding hydrogens is 234 g/mol. The van der Waals surface area contributed by atoms with E-state index in [4.69, 9.17) is 4.74 Å². The van der Waals surface area contributed by atoms with Gasteiger partial charge in [0.25, 0.3) is 5.69 Å². The highest BCUT2D eigenvalue weighted by atomic mass is 16.6. The van der Waals surface area contributed by atoms with Gasteiger partial charge in [0.1, 0.15) is 12.8 Å². The van der Waals surface area contributed by atoms with E-state index in [1.165, 1.54) is 25.1 Å². The van der Waals surface area contributed by atoms with Gasteiger partial charge < -0.3 is 10.1 Å². The molecule has 1 atom stereocenters. The lowest BCUT2D eigenvalue weighted by Crippen LogP contribution is -2.38. The van der Waals surface area contributed by atoms with Crippen LogP contribution in [0.1, 0.15) is 24.8 Å². The van der Waals surface area contributed by atoms with Crippen molar-refractivity contribution in [2.24, 2.45) is 0 Å². The Kier molecular flexibility index (Phi) is 4.09. The van der Waals surface area contributed by atoms with Crippen LogP contribution in [0.25, 0.3) is 0 Å². The minimum absolute atomic E-state index is 0.00404. The molecule has 0 radical (unpaired) electrons. The smallest absolute Gasteiger partial charge is 0.288 e. The van der Waals surface area contributed by atoms with E-state index in [1.807, 2.05) is 0 Å². The largest absolute Gasteiger partial charge is 0.476 e. The Hall–Kier alpha value is -1.69. The average molecular weight is 251 g/mol. The number of nitrogens with zero attached hydrogens (tertiary/aromatic N) is 2. The predicted octanol–water partition coefficient (Wildman–Crippen LogP) is 1.82. The van der Waals surface area contributed by atoms with Gasteiger partial charge in [0.2, 0.25) is 5.88 Å². The highest BCUT2D eigenvalue weighted by molar-refractivity contribution is 5.36. The molecule has 0 aliphatic carbocycles. The number of ether oxygens (including phenoxy) is 1. The number of hydrogen-bond acceptors (Lipinski definition) is 5. The number of pyridine rings is 1. The number of nitrogens with one attached hydrogen (secondary N) is 1. The van der Waals surface area contributed by atoms with Crippen LogP contribution < -0.4 is 10.1 Å². The zero-order chi connectivity index (χ0) is 13.0. The Labute approximate surface area is 106 Å². The zero-order valence-corrected chi connectivity index (χ0v) is 10.4. The molecule has 2 heterocycles. The standard InChI is InChI=1S/C12H17N3O3/c1-9-6-11(15(16)17)7-14-12(9)18-8-10-4-2-3-5-13-10/h6-7,10,13H,2-5,8H2,1H3. The first-order valence-corrected chi connectivity index (χ1v) is 6.14. The van der Waals surface area contributed by atoms with Crippen LogP contribution in [0.5, 0.6) is 5.88 Å². The third-order valence-electron chi connectivity index (χ3n) is 3.06. The first-order chi connectivity index (χ1) is 8.66. The van der Waals surface area contributed by atoms with E-state index < -0.39 is 4.92 Å². The van der Waals surface area contributed by atoms with Crippen molar-refractivity contribution in [1.29, 1.82) is 0 Å². The van der Waals surface area contributed by atoms with Crippen molar-refractivity contribution in [3.05, 3.63) is 27.9 Å². The van der Waals surface area contributed by atoms with Crippen LogP contribution in [0.4, 0.5) is 5.69 Å². The molecule has 2 rings (SSSR count). The van der Waals surface area contributed by atoms with Crippen molar-refractivity contribution in [2.75, 3.05) is 13.2 Å². The summed E-state index contributed by atoms with van der Waals surface area (Å²) >= 11 is 0. The molecule has 6 nitrogen and oxygen atoms in total. The van der Waals surface area contributed by atoms with Gasteiger partial charge in [-0.3, -0.25) is 10.1 Å². The van der Waals surface area contributed by atoms with Gasteiger partial charge >= 0.3 is 0 Å². The molecule has 0 saturated carbocycles. The monoisotopic (exact) mass is 251 g/mol. The molecule has 1 aliphatic rings. The van der Waals surface area contributed by atoms with E-state index >= 15 is 0 Å². The molecule has 1 aliphatic heterocycles. The number of rotatable bonds is 4. The summed E-state index contributed by atoms with van der Waals surface area (Å²) in [5.41, 5.74) is 0.690. The van der Waals surface area contributed by atoms with Crippen LogP contribution in [0.2, 0.25) is 0 Å². The Morgan fingerprint density at radius 2 is 2.44 bits per heavy atom. The fraction of sp³-hybridized carbons (Fsp3) is 0.583. The topological polar surface area (TPSA) is 77.3 Å². The Balaban J connectivity index is 1.94. The van der Waals surface area contributed by atoms with E-state index in [2.05, 4.69) is 10.3 Å². The predicted molar refractivity (Wildman–Crippen MR) is 66.8 cm³/mol. The lowest BCUT2D eigenvalue weighted by atomic mass is 10.1. The summed E-state index contributed by atoms with van der Waals surface area (Å²) in [6, 6.07) is 1.84. The normalized spacial score (nSPS) is 19.5. The number of piperidine rings is 1. The number of aryl methyl sites for hydroxylation is 1. The first-order valence-electron chi connectivity index (χ1n) is 6.14. The van der Waals surface area contributed by atoms with Crippen LogP contribution in [0.3, 0.4) is 0 Å². The summed E-state index contributed by atoms with van der Waals surface area (Å²) in [4.78, 5) is 14.1. The number of aromatic nitrogens is 1. The lowest BCUT2D eigenvalue weighted by Gasteiger charge is -2.23. The van der Waals surface area contributed by atoms with E-state index in [-0.39, 0.29) is 5.69 Å². The minimum atomic E-state index is -0.452. The molecule has 1 fully saturated rings. The second-order valence-corrected chi connectivity index (χ2v) is 4.53. The van der Waals surface area contributed by atoms with Crippen LogP contribution in [0, 0.1) is 17.0 Å². The van der Waals surface area contributed by atoms with Gasteiger partial charge in [-0.1, -0.05) is 6.42 Å². The molecule has 1 unspecified atom stereocenters. The van der Waals surface area contributed by atoms with Gasteiger partial charge in [0, 0.05) is 17.7 Å². The Morgan fingerprint density at radius 3 is 3.06 bits per heavy atom. The van der Waals surface area contributed by atoms with Gasteiger partial charge in [-0.25, -0.2) is 4.98 Å². The molecule has 1 aromatic rings. The van der Waals surface area contributed by atoms with E-state index in [0.717, 1.165) is 13.0 Å². The quantitative estimate of drug-likeness (QED) is 0.652. The molecule has 98 valence electrons. The maximum absolute atomic E-state index is 10.6. The summed E-state index contributed by atoms with van der Waals surface area (Å²) in [6.45, 7) is 3.36. The summed E-state index contributed by atoms with van der Waals surface area (Å²) in [5.74, 6) is 0.480. The van der Waals surface area contributed by atoms with Crippen molar-refractivity contribution in [3.63, 3.8) is 0 Å². The zero-order valence-electron chi connectivity index (χ0n) is 10.4. The second kappa shape index (κ2) is 5.77. The fourth-order valence-electron chi connectivity index (χ4n) is 2.04. The van der Waals surface area contributed by atoms with Gasteiger partial charge in [-0.2, -0.15) is 0 Å². The van der Waals surface area contributed by atoms with Crippen molar-refractivity contribution in [2.45, 2.75) is 32.2 Å². The lowest BCUT2D eigenvalue weighted by molar-refractivity contribution is -0.385. The maximum atomic E-state index is 10.6. The molecule has 1 saturated heterocycles. The molecule has 0 amide bonds. The van der Waals surface area contributed by atoms with Gasteiger partial charge in [0.15, 0.2) is 0 Å². The summed E-state index contributed by atoms with van der Waals surface area (Å²) in [6.07, 6.45) is 4.77. The van der Waals surface area contributed by atoms with Crippen molar-refractivity contribution in [1.82, 2.24) is 10.3 Å². The van der Waals surface area contributed by atoms with Crippen molar-refractivity contribution in [3.8, 4) is 5.88 Å². The van der Waals surface area contributed by atoms with Gasteiger partial charge in [-0.15, -0.1) is 0 Å². The van der Waals surface area contributed by atoms with E-state index in [9.17, 15) is 10.1 Å². The average Bonchev–Trinajstić information content (AvgIpc) is 2.38. The minimum Gasteiger partial charge on any atom is -0.476 e. The fourth-order valence-corrected chi connectivity index (χ4v) is 2.04. The van der Waals surface area contributed by atoms with E-state index in [0.29, 0.717) is 24.1 Å². The van der Waals surface area contributed by atoms with Crippen LogP contribution in [-0.2, 0) is 0 Å². The van der Waals surface area contributed by atoms with Crippen LogP contribution in [-0.4, -0.2) is 29.1 Å². The summed E-state index contributed by atoms with van der Waals surface area (Å²) < 4.78 is 5.61.